The molecule has 0 aliphatic heterocycles. The second-order valence-corrected chi connectivity index (χ2v) is 5.29. The third kappa shape index (κ3) is 3.39. The molecule has 7 nitrogen and oxygen atoms in total. The fourth-order valence-electron chi connectivity index (χ4n) is 1.97. The van der Waals surface area contributed by atoms with Gasteiger partial charge in [-0.25, -0.2) is 0 Å². The Morgan fingerprint density at radius 3 is 2.39 bits per heavy atom. The monoisotopic (exact) mass is 308 g/mol. The maximum absolute atomic E-state index is 12.2. The standard InChI is InChI=1S/C16H16N6O/c1-11(2)22-20-15(19-21-22)12-3-5-13(6-4-12)16(23)18-14-7-9-17-10-8-14/h3-11H,1-2H3,(H,17,18,23). The zero-order valence-corrected chi connectivity index (χ0v) is 12.8. The lowest BCUT2D eigenvalue weighted by atomic mass is 10.1. The van der Waals surface area contributed by atoms with Crippen molar-refractivity contribution in [1.29, 1.82) is 0 Å². The van der Waals surface area contributed by atoms with Gasteiger partial charge < -0.3 is 5.32 Å². The molecule has 0 spiro atoms. The zero-order chi connectivity index (χ0) is 16.2. The van der Waals surface area contributed by atoms with E-state index in [4.69, 9.17) is 0 Å². The Kier molecular flexibility index (Phi) is 4.09. The van der Waals surface area contributed by atoms with E-state index >= 15 is 0 Å². The maximum atomic E-state index is 12.2. The molecule has 1 amide bonds. The van der Waals surface area contributed by atoms with Crippen LogP contribution in [0.5, 0.6) is 0 Å². The Labute approximate surface area is 133 Å². The molecule has 116 valence electrons. The summed E-state index contributed by atoms with van der Waals surface area (Å²) < 4.78 is 0. The minimum atomic E-state index is -0.179. The van der Waals surface area contributed by atoms with Gasteiger partial charge in [-0.1, -0.05) is 12.1 Å². The number of carbonyl (C=O) groups excluding carboxylic acids is 1. The van der Waals surface area contributed by atoms with E-state index in [0.29, 0.717) is 17.1 Å². The average molecular weight is 308 g/mol. The smallest absolute Gasteiger partial charge is 0.255 e. The van der Waals surface area contributed by atoms with Gasteiger partial charge >= 0.3 is 0 Å². The molecule has 1 N–H and O–H groups in total. The average Bonchev–Trinajstić information content (AvgIpc) is 3.06. The molecule has 0 atom stereocenters. The minimum absolute atomic E-state index is 0.154. The second kappa shape index (κ2) is 6.35. The molecule has 2 heterocycles. The summed E-state index contributed by atoms with van der Waals surface area (Å²) in [5, 5.41) is 15.1. The van der Waals surface area contributed by atoms with Crippen molar-refractivity contribution in [2.45, 2.75) is 19.9 Å². The van der Waals surface area contributed by atoms with Gasteiger partial charge in [-0.2, -0.15) is 4.80 Å². The summed E-state index contributed by atoms with van der Waals surface area (Å²) in [6.07, 6.45) is 3.25. The molecule has 0 bridgehead atoms. The van der Waals surface area contributed by atoms with Crippen LogP contribution in [0.1, 0.15) is 30.2 Å². The molecular formula is C16H16N6O. The number of tetrazole rings is 1. The number of hydrogen-bond acceptors (Lipinski definition) is 5. The van der Waals surface area contributed by atoms with Crippen LogP contribution in [0.4, 0.5) is 5.69 Å². The Morgan fingerprint density at radius 2 is 1.78 bits per heavy atom. The first-order chi connectivity index (χ1) is 11.1. The number of pyridine rings is 1. The molecule has 3 aromatic rings. The van der Waals surface area contributed by atoms with E-state index in [1.54, 1.807) is 41.5 Å². The van der Waals surface area contributed by atoms with Gasteiger partial charge in [0.1, 0.15) is 0 Å². The Morgan fingerprint density at radius 1 is 1.09 bits per heavy atom. The van der Waals surface area contributed by atoms with Crippen molar-refractivity contribution >= 4 is 11.6 Å². The topological polar surface area (TPSA) is 85.6 Å². The number of hydrogen-bond donors (Lipinski definition) is 1. The summed E-state index contributed by atoms with van der Waals surface area (Å²) in [7, 11) is 0. The number of amides is 1. The first kappa shape index (κ1) is 14.8. The van der Waals surface area contributed by atoms with E-state index in [-0.39, 0.29) is 11.9 Å². The lowest BCUT2D eigenvalue weighted by Crippen LogP contribution is -2.11. The first-order valence-electron chi connectivity index (χ1n) is 7.25. The second-order valence-electron chi connectivity index (χ2n) is 5.29. The van der Waals surface area contributed by atoms with Gasteiger partial charge in [-0.05, 0) is 43.3 Å². The molecule has 1 aromatic carbocycles. The van der Waals surface area contributed by atoms with Gasteiger partial charge in [0.15, 0.2) is 0 Å². The quantitative estimate of drug-likeness (QED) is 0.800. The maximum Gasteiger partial charge on any atom is 0.255 e. The molecule has 0 saturated carbocycles. The van der Waals surface area contributed by atoms with Crippen LogP contribution in [-0.4, -0.2) is 31.1 Å². The van der Waals surface area contributed by atoms with Gasteiger partial charge in [0.2, 0.25) is 5.82 Å². The number of nitrogens with zero attached hydrogens (tertiary/aromatic N) is 5. The zero-order valence-electron chi connectivity index (χ0n) is 12.8. The first-order valence-corrected chi connectivity index (χ1v) is 7.25. The number of carbonyl (C=O) groups is 1. The largest absolute Gasteiger partial charge is 0.322 e. The summed E-state index contributed by atoms with van der Waals surface area (Å²) >= 11 is 0. The fraction of sp³-hybridized carbons (Fsp3) is 0.188. The number of nitrogens with one attached hydrogen (secondary N) is 1. The predicted octanol–water partition coefficient (Wildman–Crippen LogP) is 2.57. The molecule has 0 fully saturated rings. The van der Waals surface area contributed by atoms with Crippen molar-refractivity contribution in [2.75, 3.05) is 5.32 Å². The molecular weight excluding hydrogens is 292 g/mol. The van der Waals surface area contributed by atoms with E-state index in [1.807, 2.05) is 26.0 Å². The lowest BCUT2D eigenvalue weighted by Gasteiger charge is -2.05. The third-order valence-electron chi connectivity index (χ3n) is 3.23. The summed E-state index contributed by atoms with van der Waals surface area (Å²) in [5.74, 6) is 0.362. The Balaban J connectivity index is 1.74. The van der Waals surface area contributed by atoms with Crippen LogP contribution in [0.15, 0.2) is 48.8 Å². The molecule has 2 aromatic heterocycles. The lowest BCUT2D eigenvalue weighted by molar-refractivity contribution is 0.102. The normalized spacial score (nSPS) is 10.7. The van der Waals surface area contributed by atoms with Crippen molar-refractivity contribution in [3.8, 4) is 11.4 Å². The van der Waals surface area contributed by atoms with Crippen LogP contribution in [0, 0.1) is 0 Å². The van der Waals surface area contributed by atoms with Gasteiger partial charge in [0.25, 0.3) is 5.91 Å². The fourth-order valence-corrected chi connectivity index (χ4v) is 1.97. The van der Waals surface area contributed by atoms with E-state index in [9.17, 15) is 4.79 Å². The Hall–Kier alpha value is -3.09. The van der Waals surface area contributed by atoms with Crippen LogP contribution in [0.2, 0.25) is 0 Å². The van der Waals surface area contributed by atoms with Crippen molar-refractivity contribution in [3.05, 3.63) is 54.4 Å². The van der Waals surface area contributed by atoms with Crippen molar-refractivity contribution in [2.24, 2.45) is 0 Å². The summed E-state index contributed by atoms with van der Waals surface area (Å²) in [4.78, 5) is 17.6. The molecule has 0 saturated heterocycles. The van der Waals surface area contributed by atoms with E-state index in [2.05, 4.69) is 25.7 Å². The minimum Gasteiger partial charge on any atom is -0.322 e. The molecule has 0 aliphatic rings. The summed E-state index contributed by atoms with van der Waals surface area (Å²) in [6, 6.07) is 10.7. The Bertz CT molecular complexity index is 795. The molecule has 0 unspecified atom stereocenters. The molecule has 3 rings (SSSR count). The SMILES string of the molecule is CC(C)n1nnc(-c2ccc(C(=O)Nc3ccncc3)cc2)n1. The number of aromatic nitrogens is 5. The number of benzene rings is 1. The van der Waals surface area contributed by atoms with Gasteiger partial charge in [-0.3, -0.25) is 9.78 Å². The van der Waals surface area contributed by atoms with E-state index < -0.39 is 0 Å². The molecule has 0 radical (unpaired) electrons. The van der Waals surface area contributed by atoms with Crippen LogP contribution < -0.4 is 5.32 Å². The van der Waals surface area contributed by atoms with E-state index in [1.165, 1.54) is 0 Å². The van der Waals surface area contributed by atoms with Gasteiger partial charge in [0.05, 0.1) is 6.04 Å². The number of anilines is 1. The van der Waals surface area contributed by atoms with Gasteiger partial charge in [-0.15, -0.1) is 10.2 Å². The number of rotatable bonds is 4. The van der Waals surface area contributed by atoms with Gasteiger partial charge in [0, 0.05) is 29.2 Å². The molecule has 0 aliphatic carbocycles. The summed E-state index contributed by atoms with van der Waals surface area (Å²) in [5.41, 5.74) is 2.08. The molecule has 23 heavy (non-hydrogen) atoms. The van der Waals surface area contributed by atoms with E-state index in [0.717, 1.165) is 5.56 Å². The highest BCUT2D eigenvalue weighted by molar-refractivity contribution is 6.04. The van der Waals surface area contributed by atoms with Crippen LogP contribution in [-0.2, 0) is 0 Å². The van der Waals surface area contributed by atoms with Crippen molar-refractivity contribution in [3.63, 3.8) is 0 Å². The predicted molar refractivity (Wildman–Crippen MR) is 85.8 cm³/mol. The van der Waals surface area contributed by atoms with Crippen LogP contribution in [0.3, 0.4) is 0 Å². The van der Waals surface area contributed by atoms with Crippen molar-refractivity contribution in [1.82, 2.24) is 25.2 Å². The van der Waals surface area contributed by atoms with Crippen LogP contribution in [0.25, 0.3) is 11.4 Å². The van der Waals surface area contributed by atoms with Crippen LogP contribution >= 0.6 is 0 Å². The highest BCUT2D eigenvalue weighted by Gasteiger charge is 2.10. The van der Waals surface area contributed by atoms with Crippen molar-refractivity contribution < 1.29 is 4.79 Å². The third-order valence-corrected chi connectivity index (χ3v) is 3.23. The molecule has 7 heteroatoms. The highest BCUT2D eigenvalue weighted by atomic mass is 16.1. The highest BCUT2D eigenvalue weighted by Crippen LogP contribution is 2.16. The summed E-state index contributed by atoms with van der Waals surface area (Å²) in [6.45, 7) is 3.97.